The number of esters is 1. The van der Waals surface area contributed by atoms with E-state index in [1.165, 1.54) is 0 Å². The van der Waals surface area contributed by atoms with Gasteiger partial charge < -0.3 is 15.4 Å². The molecule has 1 aromatic rings. The summed E-state index contributed by atoms with van der Waals surface area (Å²) in [6.07, 6.45) is 0. The zero-order chi connectivity index (χ0) is 17.0. The topological polar surface area (TPSA) is 99.7 Å². The van der Waals surface area contributed by atoms with Gasteiger partial charge in [0.25, 0.3) is 0 Å². The Bertz CT molecular complexity index is 642. The third kappa shape index (κ3) is 3.81. The summed E-state index contributed by atoms with van der Waals surface area (Å²) in [5.41, 5.74) is 6.85. The van der Waals surface area contributed by atoms with E-state index in [1.807, 2.05) is 0 Å². The lowest BCUT2D eigenvalue weighted by Crippen LogP contribution is -2.47. The number of thiophene rings is 1. The van der Waals surface area contributed by atoms with E-state index in [2.05, 4.69) is 11.0 Å². The molecule has 1 aromatic heterocycles. The Morgan fingerprint density at radius 3 is 2.52 bits per heavy atom. The summed E-state index contributed by atoms with van der Waals surface area (Å²) in [6, 6.07) is 2.08. The maximum absolute atomic E-state index is 12.1. The molecule has 2 N–H and O–H groups in total. The largest absolute Gasteiger partial charge is 0.462 e. The first kappa shape index (κ1) is 17.2. The van der Waals surface area contributed by atoms with Gasteiger partial charge in [-0.1, -0.05) is 0 Å². The number of nitrogens with zero attached hydrogens (tertiary/aromatic N) is 3. The number of anilines is 1. The second-order valence-corrected chi connectivity index (χ2v) is 6.32. The van der Waals surface area contributed by atoms with Crippen molar-refractivity contribution in [2.45, 2.75) is 20.4 Å². The molecule has 0 bridgehead atoms. The SMILES string of the molecule is CCOC(=O)c1sc(N)c(C#N)c1CN1CCN(C(C)=O)CC1. The molecule has 0 saturated carbocycles. The Labute approximate surface area is 139 Å². The zero-order valence-corrected chi connectivity index (χ0v) is 14.1. The molecule has 0 atom stereocenters. The Morgan fingerprint density at radius 1 is 1.35 bits per heavy atom. The van der Waals surface area contributed by atoms with E-state index < -0.39 is 5.97 Å². The second-order valence-electron chi connectivity index (χ2n) is 5.26. The first-order valence-electron chi connectivity index (χ1n) is 7.44. The van der Waals surface area contributed by atoms with Gasteiger partial charge in [-0.3, -0.25) is 9.69 Å². The number of nitrogen functional groups attached to an aromatic ring is 1. The number of carbonyl (C=O) groups excluding carboxylic acids is 2. The van der Waals surface area contributed by atoms with Gasteiger partial charge in [0.1, 0.15) is 15.9 Å². The number of nitriles is 1. The van der Waals surface area contributed by atoms with Crippen LogP contribution in [0.25, 0.3) is 0 Å². The normalized spacial score (nSPS) is 15.3. The van der Waals surface area contributed by atoms with Crippen LogP contribution in [0.2, 0.25) is 0 Å². The monoisotopic (exact) mass is 336 g/mol. The molecule has 1 aliphatic heterocycles. The molecule has 0 spiro atoms. The molecule has 8 heteroatoms. The first-order chi connectivity index (χ1) is 11.0. The summed E-state index contributed by atoms with van der Waals surface area (Å²) < 4.78 is 5.05. The van der Waals surface area contributed by atoms with Gasteiger partial charge in [0.05, 0.1) is 12.2 Å². The molecule has 1 aliphatic rings. The zero-order valence-electron chi connectivity index (χ0n) is 13.3. The highest BCUT2D eigenvalue weighted by Crippen LogP contribution is 2.32. The summed E-state index contributed by atoms with van der Waals surface area (Å²) in [6.45, 7) is 6.70. The van der Waals surface area contributed by atoms with Crippen molar-refractivity contribution >= 4 is 28.2 Å². The molecule has 0 radical (unpaired) electrons. The molecular formula is C15H20N4O3S. The molecule has 23 heavy (non-hydrogen) atoms. The minimum absolute atomic E-state index is 0.0642. The molecule has 0 aromatic carbocycles. The fourth-order valence-corrected chi connectivity index (χ4v) is 3.49. The fraction of sp³-hybridized carbons (Fsp3) is 0.533. The number of rotatable bonds is 4. The highest BCUT2D eigenvalue weighted by atomic mass is 32.1. The van der Waals surface area contributed by atoms with Gasteiger partial charge in [-0.05, 0) is 6.92 Å². The molecule has 1 fully saturated rings. The number of ether oxygens (including phenoxy) is 1. The third-order valence-corrected chi connectivity index (χ3v) is 4.85. The van der Waals surface area contributed by atoms with E-state index in [9.17, 15) is 14.9 Å². The molecule has 7 nitrogen and oxygen atoms in total. The summed E-state index contributed by atoms with van der Waals surface area (Å²) in [5, 5.41) is 9.66. The standard InChI is InChI=1S/C15H20N4O3S/c1-3-22-15(21)13-12(11(8-16)14(17)23-13)9-18-4-6-19(7-5-18)10(2)20/h3-7,9,17H2,1-2H3. The van der Waals surface area contributed by atoms with E-state index in [1.54, 1.807) is 18.7 Å². The van der Waals surface area contributed by atoms with Crippen LogP contribution in [0.1, 0.15) is 34.6 Å². The van der Waals surface area contributed by atoms with Crippen LogP contribution in [0.15, 0.2) is 0 Å². The van der Waals surface area contributed by atoms with E-state index in [0.717, 1.165) is 11.3 Å². The van der Waals surface area contributed by atoms with Crippen molar-refractivity contribution < 1.29 is 14.3 Å². The molecular weight excluding hydrogens is 316 g/mol. The number of piperazine rings is 1. The maximum atomic E-state index is 12.1. The highest BCUT2D eigenvalue weighted by molar-refractivity contribution is 7.18. The predicted molar refractivity (Wildman–Crippen MR) is 86.9 cm³/mol. The van der Waals surface area contributed by atoms with E-state index in [4.69, 9.17) is 10.5 Å². The van der Waals surface area contributed by atoms with Crippen LogP contribution >= 0.6 is 11.3 Å². The number of carbonyl (C=O) groups is 2. The van der Waals surface area contributed by atoms with Crippen molar-refractivity contribution in [2.24, 2.45) is 0 Å². The van der Waals surface area contributed by atoms with Crippen molar-refractivity contribution in [3.8, 4) is 6.07 Å². The molecule has 0 aliphatic carbocycles. The minimum atomic E-state index is -0.442. The van der Waals surface area contributed by atoms with E-state index in [-0.39, 0.29) is 12.5 Å². The van der Waals surface area contributed by atoms with Gasteiger partial charge in [-0.25, -0.2) is 4.79 Å². The minimum Gasteiger partial charge on any atom is -0.462 e. The molecule has 1 amide bonds. The third-order valence-electron chi connectivity index (χ3n) is 3.81. The number of hydrogen-bond donors (Lipinski definition) is 1. The van der Waals surface area contributed by atoms with Gasteiger partial charge in [0.15, 0.2) is 0 Å². The Balaban J connectivity index is 2.17. The summed E-state index contributed by atoms with van der Waals surface area (Å²) in [5.74, 6) is -0.377. The van der Waals surface area contributed by atoms with Crippen molar-refractivity contribution in [3.63, 3.8) is 0 Å². The summed E-state index contributed by atoms with van der Waals surface area (Å²) in [7, 11) is 0. The van der Waals surface area contributed by atoms with Crippen molar-refractivity contribution in [1.29, 1.82) is 5.26 Å². The lowest BCUT2D eigenvalue weighted by Gasteiger charge is -2.34. The van der Waals surface area contributed by atoms with Crippen LogP contribution in [0.5, 0.6) is 0 Å². The van der Waals surface area contributed by atoms with Crippen LogP contribution in [0.4, 0.5) is 5.00 Å². The molecule has 2 heterocycles. The quantitative estimate of drug-likeness (QED) is 0.825. The maximum Gasteiger partial charge on any atom is 0.348 e. The average Bonchev–Trinajstić information content (AvgIpc) is 2.84. The lowest BCUT2D eigenvalue weighted by molar-refractivity contribution is -0.130. The number of amides is 1. The van der Waals surface area contributed by atoms with Crippen LogP contribution in [0, 0.1) is 11.3 Å². The van der Waals surface area contributed by atoms with Crippen LogP contribution < -0.4 is 5.73 Å². The number of nitrogens with two attached hydrogens (primary N) is 1. The fourth-order valence-electron chi connectivity index (χ4n) is 2.56. The molecule has 2 rings (SSSR count). The van der Waals surface area contributed by atoms with Gasteiger partial charge >= 0.3 is 5.97 Å². The summed E-state index contributed by atoms with van der Waals surface area (Å²) in [4.78, 5) is 27.8. The van der Waals surface area contributed by atoms with Gasteiger partial charge in [-0.15, -0.1) is 11.3 Å². The van der Waals surface area contributed by atoms with E-state index >= 15 is 0 Å². The Kier molecular flexibility index (Phi) is 5.58. The van der Waals surface area contributed by atoms with Crippen LogP contribution in [-0.4, -0.2) is 54.5 Å². The van der Waals surface area contributed by atoms with Gasteiger partial charge in [-0.2, -0.15) is 5.26 Å². The van der Waals surface area contributed by atoms with Crippen LogP contribution in [0.3, 0.4) is 0 Å². The second kappa shape index (κ2) is 7.44. The van der Waals surface area contributed by atoms with Gasteiger partial charge in [0, 0.05) is 45.2 Å². The summed E-state index contributed by atoms with van der Waals surface area (Å²) >= 11 is 1.10. The number of hydrogen-bond acceptors (Lipinski definition) is 7. The van der Waals surface area contributed by atoms with Crippen LogP contribution in [-0.2, 0) is 16.1 Å². The first-order valence-corrected chi connectivity index (χ1v) is 8.25. The smallest absolute Gasteiger partial charge is 0.348 e. The molecule has 0 unspecified atom stereocenters. The average molecular weight is 336 g/mol. The molecule has 124 valence electrons. The van der Waals surface area contributed by atoms with Crippen molar-refractivity contribution in [2.75, 3.05) is 38.5 Å². The Morgan fingerprint density at radius 2 is 2.00 bits per heavy atom. The van der Waals surface area contributed by atoms with Crippen molar-refractivity contribution in [3.05, 3.63) is 16.0 Å². The van der Waals surface area contributed by atoms with E-state index in [0.29, 0.717) is 53.7 Å². The van der Waals surface area contributed by atoms with Crippen molar-refractivity contribution in [1.82, 2.24) is 9.80 Å². The van der Waals surface area contributed by atoms with Gasteiger partial charge in [0.2, 0.25) is 5.91 Å². The molecule has 1 saturated heterocycles. The Hall–Kier alpha value is -2.11. The lowest BCUT2D eigenvalue weighted by atomic mass is 10.1. The predicted octanol–water partition coefficient (Wildman–Crippen LogP) is 1.04. The highest BCUT2D eigenvalue weighted by Gasteiger charge is 2.26.